The highest BCUT2D eigenvalue weighted by Crippen LogP contribution is 2.27. The van der Waals surface area contributed by atoms with Crippen LogP contribution < -0.4 is 5.32 Å². The van der Waals surface area contributed by atoms with Crippen LogP contribution in [0.15, 0.2) is 42.5 Å². The molecule has 1 amide bonds. The summed E-state index contributed by atoms with van der Waals surface area (Å²) in [5.41, 5.74) is 4.42. The lowest BCUT2D eigenvalue weighted by Crippen LogP contribution is -2.16. The molecule has 0 saturated heterocycles. The van der Waals surface area contributed by atoms with E-state index in [1.165, 1.54) is 11.1 Å². The highest BCUT2D eigenvalue weighted by Gasteiger charge is 2.12. The van der Waals surface area contributed by atoms with Crippen LogP contribution in [0, 0.1) is 6.92 Å². The van der Waals surface area contributed by atoms with Gasteiger partial charge in [-0.15, -0.1) is 11.8 Å². The van der Waals surface area contributed by atoms with Gasteiger partial charge in [-0.2, -0.15) is 0 Å². The number of amides is 1. The van der Waals surface area contributed by atoms with E-state index in [1.54, 1.807) is 11.8 Å². The summed E-state index contributed by atoms with van der Waals surface area (Å²) in [6, 6.07) is 13.9. The lowest BCUT2D eigenvalue weighted by molar-refractivity contribution is -0.113. The van der Waals surface area contributed by atoms with Crippen LogP contribution in [0.2, 0.25) is 5.02 Å². The number of halogens is 1. The van der Waals surface area contributed by atoms with Crippen LogP contribution in [-0.4, -0.2) is 11.7 Å². The second-order valence-electron chi connectivity index (χ2n) is 5.86. The maximum atomic E-state index is 12.2. The number of benzene rings is 2. The fraction of sp³-hybridized carbons (Fsp3) is 0.316. The Morgan fingerprint density at radius 3 is 2.52 bits per heavy atom. The van der Waals surface area contributed by atoms with Gasteiger partial charge >= 0.3 is 0 Å². The van der Waals surface area contributed by atoms with Crippen LogP contribution in [-0.2, 0) is 10.5 Å². The summed E-state index contributed by atoms with van der Waals surface area (Å²) in [7, 11) is 0. The lowest BCUT2D eigenvalue weighted by atomic mass is 9.98. The van der Waals surface area contributed by atoms with E-state index < -0.39 is 0 Å². The molecule has 0 fully saturated rings. The van der Waals surface area contributed by atoms with Crippen molar-refractivity contribution in [1.29, 1.82) is 0 Å². The van der Waals surface area contributed by atoms with Crippen molar-refractivity contribution < 1.29 is 4.79 Å². The lowest BCUT2D eigenvalue weighted by Gasteiger charge is -2.16. The Morgan fingerprint density at radius 1 is 1.17 bits per heavy atom. The Morgan fingerprint density at radius 2 is 1.87 bits per heavy atom. The highest BCUT2D eigenvalue weighted by molar-refractivity contribution is 7.99. The van der Waals surface area contributed by atoms with E-state index in [9.17, 15) is 4.79 Å². The number of thioether (sulfide) groups is 1. The molecular formula is C19H22ClNOS. The molecule has 122 valence electrons. The van der Waals surface area contributed by atoms with Crippen molar-refractivity contribution in [2.75, 3.05) is 11.1 Å². The molecule has 0 aromatic heterocycles. The third kappa shape index (κ3) is 5.29. The number of hydrogen-bond donors (Lipinski definition) is 1. The quantitative estimate of drug-likeness (QED) is 0.732. The molecule has 0 aliphatic heterocycles. The first-order chi connectivity index (χ1) is 11.0. The highest BCUT2D eigenvalue weighted by atomic mass is 35.5. The largest absolute Gasteiger partial charge is 0.325 e. The molecule has 0 unspecified atom stereocenters. The molecule has 0 heterocycles. The van der Waals surface area contributed by atoms with Gasteiger partial charge in [-0.05, 0) is 41.7 Å². The molecular weight excluding hydrogens is 326 g/mol. The molecule has 1 N–H and O–H groups in total. The second-order valence-corrected chi connectivity index (χ2v) is 7.28. The standard InChI is InChI=1S/C19H22ClNOS/c1-13(2)17-6-4-5-14(3)19(17)21-18(22)12-23-11-15-7-9-16(20)10-8-15/h4-10,13H,11-12H2,1-3H3,(H,21,22). The minimum absolute atomic E-state index is 0.0418. The summed E-state index contributed by atoms with van der Waals surface area (Å²) >= 11 is 7.48. The molecule has 0 aliphatic rings. The first-order valence-corrected chi connectivity index (χ1v) is 9.22. The van der Waals surface area contributed by atoms with E-state index in [0.29, 0.717) is 11.7 Å². The van der Waals surface area contributed by atoms with Crippen LogP contribution in [0.3, 0.4) is 0 Å². The Labute approximate surface area is 147 Å². The van der Waals surface area contributed by atoms with Crippen LogP contribution in [0.5, 0.6) is 0 Å². The monoisotopic (exact) mass is 347 g/mol. The molecule has 4 heteroatoms. The molecule has 23 heavy (non-hydrogen) atoms. The van der Waals surface area contributed by atoms with Gasteiger partial charge in [0.25, 0.3) is 0 Å². The number of aryl methyl sites for hydroxylation is 1. The maximum Gasteiger partial charge on any atom is 0.234 e. The topological polar surface area (TPSA) is 29.1 Å². The summed E-state index contributed by atoms with van der Waals surface area (Å²) in [6.45, 7) is 6.31. The molecule has 0 saturated carbocycles. The summed E-state index contributed by atoms with van der Waals surface area (Å²) in [5.74, 6) is 1.66. The van der Waals surface area contributed by atoms with Gasteiger partial charge in [0, 0.05) is 16.5 Å². The molecule has 0 atom stereocenters. The predicted molar refractivity (Wildman–Crippen MR) is 102 cm³/mol. The minimum Gasteiger partial charge on any atom is -0.325 e. The molecule has 2 aromatic rings. The first-order valence-electron chi connectivity index (χ1n) is 7.69. The normalized spacial score (nSPS) is 10.8. The average molecular weight is 348 g/mol. The molecule has 2 nitrogen and oxygen atoms in total. The van der Waals surface area contributed by atoms with Gasteiger partial charge in [-0.3, -0.25) is 4.79 Å². The van der Waals surface area contributed by atoms with Crippen molar-refractivity contribution in [3.8, 4) is 0 Å². The molecule has 0 spiro atoms. The van der Waals surface area contributed by atoms with E-state index in [1.807, 2.05) is 43.3 Å². The van der Waals surface area contributed by atoms with E-state index in [4.69, 9.17) is 11.6 Å². The van der Waals surface area contributed by atoms with Gasteiger partial charge in [-0.25, -0.2) is 0 Å². The number of para-hydroxylation sites is 1. The van der Waals surface area contributed by atoms with Crippen molar-refractivity contribution in [3.05, 3.63) is 64.2 Å². The van der Waals surface area contributed by atoms with Gasteiger partial charge < -0.3 is 5.32 Å². The molecule has 0 bridgehead atoms. The summed E-state index contributed by atoms with van der Waals surface area (Å²) in [4.78, 5) is 12.2. The SMILES string of the molecule is Cc1cccc(C(C)C)c1NC(=O)CSCc1ccc(Cl)cc1. The number of carbonyl (C=O) groups is 1. The Kier molecular flexibility index (Phi) is 6.55. The fourth-order valence-electron chi connectivity index (χ4n) is 2.36. The van der Waals surface area contributed by atoms with E-state index >= 15 is 0 Å². The van der Waals surface area contributed by atoms with Gasteiger partial charge in [-0.1, -0.05) is 55.8 Å². The number of rotatable bonds is 6. The van der Waals surface area contributed by atoms with Crippen LogP contribution >= 0.6 is 23.4 Å². The van der Waals surface area contributed by atoms with Crippen LogP contribution in [0.25, 0.3) is 0 Å². The van der Waals surface area contributed by atoms with E-state index in [-0.39, 0.29) is 5.91 Å². The molecule has 2 rings (SSSR count). The third-order valence-corrected chi connectivity index (χ3v) is 4.86. The maximum absolute atomic E-state index is 12.2. The Bertz CT molecular complexity index is 668. The van der Waals surface area contributed by atoms with E-state index in [2.05, 4.69) is 25.2 Å². The van der Waals surface area contributed by atoms with Crippen molar-refractivity contribution in [3.63, 3.8) is 0 Å². The number of hydrogen-bond acceptors (Lipinski definition) is 2. The zero-order chi connectivity index (χ0) is 16.8. The number of anilines is 1. The van der Waals surface area contributed by atoms with Crippen molar-refractivity contribution >= 4 is 35.0 Å². The summed E-state index contributed by atoms with van der Waals surface area (Å²) < 4.78 is 0. The number of nitrogens with one attached hydrogen (secondary N) is 1. The van der Waals surface area contributed by atoms with Crippen molar-refractivity contribution in [1.82, 2.24) is 0 Å². The second kappa shape index (κ2) is 8.42. The Hall–Kier alpha value is -1.45. The number of carbonyl (C=O) groups excluding carboxylic acids is 1. The van der Waals surface area contributed by atoms with Crippen molar-refractivity contribution in [2.45, 2.75) is 32.4 Å². The minimum atomic E-state index is 0.0418. The molecule has 0 aliphatic carbocycles. The fourth-order valence-corrected chi connectivity index (χ4v) is 3.27. The molecule has 0 radical (unpaired) electrons. The smallest absolute Gasteiger partial charge is 0.234 e. The predicted octanol–water partition coefficient (Wildman–Crippen LogP) is 5.64. The van der Waals surface area contributed by atoms with Gasteiger partial charge in [0.15, 0.2) is 0 Å². The van der Waals surface area contributed by atoms with E-state index in [0.717, 1.165) is 22.0 Å². The zero-order valence-corrected chi connectivity index (χ0v) is 15.3. The van der Waals surface area contributed by atoms with Gasteiger partial charge in [0.2, 0.25) is 5.91 Å². The van der Waals surface area contributed by atoms with Crippen molar-refractivity contribution in [2.24, 2.45) is 0 Å². The summed E-state index contributed by atoms with van der Waals surface area (Å²) in [5, 5.41) is 3.81. The Balaban J connectivity index is 1.91. The zero-order valence-electron chi connectivity index (χ0n) is 13.7. The first kappa shape index (κ1) is 17.9. The van der Waals surface area contributed by atoms with Crippen LogP contribution in [0.1, 0.15) is 36.5 Å². The van der Waals surface area contributed by atoms with Gasteiger partial charge in [0.05, 0.1) is 5.75 Å². The summed E-state index contributed by atoms with van der Waals surface area (Å²) in [6.07, 6.45) is 0. The van der Waals surface area contributed by atoms with Crippen LogP contribution in [0.4, 0.5) is 5.69 Å². The third-order valence-electron chi connectivity index (χ3n) is 3.61. The average Bonchev–Trinajstić information content (AvgIpc) is 2.51. The van der Waals surface area contributed by atoms with Gasteiger partial charge in [0.1, 0.15) is 0 Å². The molecule has 2 aromatic carbocycles.